The molecule has 2 heterocycles. The van der Waals surface area contributed by atoms with Crippen molar-refractivity contribution in [3.05, 3.63) is 76.9 Å². The number of rotatable bonds is 8. The van der Waals surface area contributed by atoms with Crippen molar-refractivity contribution >= 4 is 0 Å². The Kier molecular flexibility index (Phi) is 8.92. The van der Waals surface area contributed by atoms with Crippen LogP contribution in [0.25, 0.3) is 0 Å². The molecule has 1 aromatic rings. The van der Waals surface area contributed by atoms with Gasteiger partial charge in [0.25, 0.3) is 0 Å². The Balaban J connectivity index is 1.56. The van der Waals surface area contributed by atoms with Crippen molar-refractivity contribution < 1.29 is 9.84 Å². The number of piperidine rings is 1. The molecule has 0 aromatic heterocycles. The van der Waals surface area contributed by atoms with Gasteiger partial charge < -0.3 is 15.6 Å². The molecular formula is C28H40N2O2. The van der Waals surface area contributed by atoms with Gasteiger partial charge in [-0.3, -0.25) is 4.90 Å². The minimum atomic E-state index is -0.119. The summed E-state index contributed by atoms with van der Waals surface area (Å²) < 4.78 is 6.44. The Morgan fingerprint density at radius 1 is 1.31 bits per heavy atom. The molecule has 1 aromatic carbocycles. The number of phenolic OH excluding ortho intramolecular Hbond substituents is 1. The van der Waals surface area contributed by atoms with Crippen LogP contribution in [0.5, 0.6) is 5.75 Å². The second-order valence-corrected chi connectivity index (χ2v) is 9.23. The Morgan fingerprint density at radius 2 is 2.06 bits per heavy atom. The number of aryl methyl sites for hydroxylation is 1. The highest BCUT2D eigenvalue weighted by Gasteiger charge is 2.35. The summed E-state index contributed by atoms with van der Waals surface area (Å²) in [6, 6.07) is 4.03. The van der Waals surface area contributed by atoms with Gasteiger partial charge in [0.05, 0.1) is 12.2 Å². The van der Waals surface area contributed by atoms with Gasteiger partial charge in [-0.2, -0.15) is 0 Å². The van der Waals surface area contributed by atoms with E-state index in [1.807, 2.05) is 19.1 Å². The average Bonchev–Trinajstić information content (AvgIpc) is 2.80. The van der Waals surface area contributed by atoms with Crippen LogP contribution in [0.15, 0.2) is 60.2 Å². The maximum absolute atomic E-state index is 10.7. The van der Waals surface area contributed by atoms with Crippen LogP contribution in [0.2, 0.25) is 0 Å². The van der Waals surface area contributed by atoms with Crippen molar-refractivity contribution in [1.29, 1.82) is 0 Å². The molecule has 174 valence electrons. The summed E-state index contributed by atoms with van der Waals surface area (Å²) in [5, 5.41) is 10.7. The predicted molar refractivity (Wildman–Crippen MR) is 134 cm³/mol. The number of likely N-dealkylation sites (tertiary alicyclic amines) is 1. The number of aromatic hydroxyl groups is 1. The summed E-state index contributed by atoms with van der Waals surface area (Å²) in [5.74, 6) is 0.930. The van der Waals surface area contributed by atoms with Crippen LogP contribution in [0, 0.1) is 12.8 Å². The fraction of sp³-hybridized carbons (Fsp3) is 0.500. The van der Waals surface area contributed by atoms with Crippen molar-refractivity contribution in [3.63, 3.8) is 0 Å². The van der Waals surface area contributed by atoms with Gasteiger partial charge in [-0.25, -0.2) is 0 Å². The normalized spacial score (nSPS) is 23.5. The zero-order valence-electron chi connectivity index (χ0n) is 20.0. The molecule has 1 fully saturated rings. The van der Waals surface area contributed by atoms with Gasteiger partial charge in [-0.1, -0.05) is 54.7 Å². The molecule has 4 heteroatoms. The molecule has 2 unspecified atom stereocenters. The molecule has 0 amide bonds. The van der Waals surface area contributed by atoms with Crippen molar-refractivity contribution in [2.24, 2.45) is 11.7 Å². The summed E-state index contributed by atoms with van der Waals surface area (Å²) in [7, 11) is 0. The summed E-state index contributed by atoms with van der Waals surface area (Å²) in [4.78, 5) is 2.54. The lowest BCUT2D eigenvalue weighted by Gasteiger charge is -2.40. The third-order valence-corrected chi connectivity index (χ3v) is 6.94. The SMILES string of the molecule is C=C/C=C(\C)C/C=C\C(=C/C)CN1CCC(C2Cc3c(ccc(C)c3O)C(CN)O2)CC1. The quantitative estimate of drug-likeness (QED) is 0.537. The molecule has 32 heavy (non-hydrogen) atoms. The molecule has 3 N–H and O–H groups in total. The Morgan fingerprint density at radius 3 is 2.72 bits per heavy atom. The zero-order chi connectivity index (χ0) is 23.1. The van der Waals surface area contributed by atoms with E-state index >= 15 is 0 Å². The number of nitrogens with two attached hydrogens (primary N) is 1. The van der Waals surface area contributed by atoms with Gasteiger partial charge in [-0.15, -0.1) is 0 Å². The van der Waals surface area contributed by atoms with E-state index in [0.29, 0.717) is 18.2 Å². The molecule has 0 saturated carbocycles. The highest BCUT2D eigenvalue weighted by Crippen LogP contribution is 2.40. The number of ether oxygens (including phenoxy) is 1. The third kappa shape index (κ3) is 6.00. The lowest BCUT2D eigenvalue weighted by molar-refractivity contribution is -0.0642. The highest BCUT2D eigenvalue weighted by molar-refractivity contribution is 5.47. The number of phenols is 1. The first-order valence-electron chi connectivity index (χ1n) is 12.0. The Hall–Kier alpha value is -2.14. The van der Waals surface area contributed by atoms with Crippen LogP contribution in [0.3, 0.4) is 0 Å². The van der Waals surface area contributed by atoms with E-state index in [-0.39, 0.29) is 12.2 Å². The van der Waals surface area contributed by atoms with E-state index in [4.69, 9.17) is 10.5 Å². The predicted octanol–water partition coefficient (Wildman–Crippen LogP) is 5.38. The average molecular weight is 437 g/mol. The van der Waals surface area contributed by atoms with Crippen LogP contribution >= 0.6 is 0 Å². The first-order valence-corrected chi connectivity index (χ1v) is 12.0. The van der Waals surface area contributed by atoms with Crippen LogP contribution < -0.4 is 5.73 Å². The van der Waals surface area contributed by atoms with E-state index in [0.717, 1.165) is 62.0 Å². The van der Waals surface area contributed by atoms with Crippen molar-refractivity contribution in [2.75, 3.05) is 26.2 Å². The summed E-state index contributed by atoms with van der Waals surface area (Å²) in [6.45, 7) is 13.6. The van der Waals surface area contributed by atoms with Crippen LogP contribution in [-0.4, -0.2) is 42.3 Å². The monoisotopic (exact) mass is 436 g/mol. The van der Waals surface area contributed by atoms with Gasteiger partial charge in [-0.05, 0) is 75.7 Å². The molecule has 2 atom stereocenters. The molecule has 0 aliphatic carbocycles. The first-order chi connectivity index (χ1) is 15.5. The first kappa shape index (κ1) is 24.5. The third-order valence-electron chi connectivity index (χ3n) is 6.94. The lowest BCUT2D eigenvalue weighted by atomic mass is 9.83. The molecule has 2 aliphatic heterocycles. The van der Waals surface area contributed by atoms with Crippen LogP contribution in [0.4, 0.5) is 0 Å². The van der Waals surface area contributed by atoms with E-state index in [2.05, 4.69) is 55.7 Å². The Bertz CT molecular complexity index is 876. The topological polar surface area (TPSA) is 58.7 Å². The minimum Gasteiger partial charge on any atom is -0.507 e. The number of allylic oxidation sites excluding steroid dienone is 5. The molecule has 0 bridgehead atoms. The lowest BCUT2D eigenvalue weighted by Crippen LogP contribution is -2.42. The van der Waals surface area contributed by atoms with Crippen LogP contribution in [0.1, 0.15) is 55.9 Å². The van der Waals surface area contributed by atoms with Gasteiger partial charge >= 0.3 is 0 Å². The maximum atomic E-state index is 10.7. The summed E-state index contributed by atoms with van der Waals surface area (Å²) >= 11 is 0. The summed E-state index contributed by atoms with van der Waals surface area (Å²) in [6.07, 6.45) is 14.6. The fourth-order valence-electron chi connectivity index (χ4n) is 4.93. The molecule has 1 saturated heterocycles. The molecule has 2 aliphatic rings. The number of benzene rings is 1. The smallest absolute Gasteiger partial charge is 0.122 e. The van der Waals surface area contributed by atoms with Crippen molar-refractivity contribution in [2.45, 2.75) is 58.7 Å². The van der Waals surface area contributed by atoms with E-state index in [1.165, 1.54) is 11.1 Å². The van der Waals surface area contributed by atoms with Gasteiger partial charge in [0.15, 0.2) is 0 Å². The largest absolute Gasteiger partial charge is 0.507 e. The second-order valence-electron chi connectivity index (χ2n) is 9.23. The minimum absolute atomic E-state index is 0.119. The number of hydrogen-bond acceptors (Lipinski definition) is 4. The van der Waals surface area contributed by atoms with Crippen LogP contribution in [-0.2, 0) is 11.2 Å². The van der Waals surface area contributed by atoms with Gasteiger partial charge in [0.2, 0.25) is 0 Å². The molecule has 0 radical (unpaired) electrons. The van der Waals surface area contributed by atoms with Gasteiger partial charge in [0, 0.05) is 25.1 Å². The van der Waals surface area contributed by atoms with Gasteiger partial charge in [0.1, 0.15) is 5.75 Å². The second kappa shape index (κ2) is 11.6. The number of fused-ring (bicyclic) bond motifs is 1. The van der Waals surface area contributed by atoms with E-state index in [1.54, 1.807) is 0 Å². The Labute approximate surface area is 194 Å². The molecule has 4 nitrogen and oxygen atoms in total. The van der Waals surface area contributed by atoms with E-state index in [9.17, 15) is 5.11 Å². The van der Waals surface area contributed by atoms with E-state index < -0.39 is 0 Å². The molecule has 3 rings (SSSR count). The van der Waals surface area contributed by atoms with Crippen molar-refractivity contribution in [3.8, 4) is 5.75 Å². The van der Waals surface area contributed by atoms with Crippen molar-refractivity contribution in [1.82, 2.24) is 4.90 Å². The number of hydrogen-bond donors (Lipinski definition) is 2. The maximum Gasteiger partial charge on any atom is 0.122 e. The number of nitrogens with zero attached hydrogens (tertiary/aromatic N) is 1. The molecule has 0 spiro atoms. The zero-order valence-corrected chi connectivity index (χ0v) is 20.0. The standard InChI is InChI=1S/C28H40N2O2/c1-5-8-20(3)9-7-10-22(6-2)19-30-15-13-23(14-16-30)26-17-25-24(27(18-29)32-26)12-11-21(4)28(25)31/h5-8,10-12,23,26-27,31H,1,9,13-19,29H2,2-4H3/b10-7-,20-8+,22-6+. The summed E-state index contributed by atoms with van der Waals surface area (Å²) in [5.41, 5.74) is 11.7. The highest BCUT2D eigenvalue weighted by atomic mass is 16.5. The molecular weight excluding hydrogens is 396 g/mol. The fourth-order valence-corrected chi connectivity index (χ4v) is 4.93.